The van der Waals surface area contributed by atoms with E-state index in [9.17, 15) is 0 Å². The maximum Gasteiger partial charge on any atom is 0.140 e. The fourth-order valence-electron chi connectivity index (χ4n) is 1.68. The third-order valence-corrected chi connectivity index (χ3v) is 2.54. The van der Waals surface area contributed by atoms with E-state index in [4.69, 9.17) is 0 Å². The highest BCUT2D eigenvalue weighted by Gasteiger charge is 2.05. The van der Waals surface area contributed by atoms with Crippen molar-refractivity contribution < 1.29 is 0 Å². The maximum absolute atomic E-state index is 4.64. The summed E-state index contributed by atoms with van der Waals surface area (Å²) in [7, 11) is 0. The first-order valence-electron chi connectivity index (χ1n) is 5.19. The molecule has 0 bridgehead atoms. The van der Waals surface area contributed by atoms with Gasteiger partial charge in [-0.3, -0.25) is 0 Å². The zero-order valence-electron chi connectivity index (χ0n) is 8.99. The summed E-state index contributed by atoms with van der Waals surface area (Å²) >= 11 is 0. The van der Waals surface area contributed by atoms with Crippen molar-refractivity contribution in [2.75, 3.05) is 0 Å². The lowest BCUT2D eigenvalue weighted by Crippen LogP contribution is -2.00. The van der Waals surface area contributed by atoms with Crippen LogP contribution in [-0.2, 0) is 6.42 Å². The van der Waals surface area contributed by atoms with Gasteiger partial charge in [-0.2, -0.15) is 0 Å². The van der Waals surface area contributed by atoms with Crippen molar-refractivity contribution in [2.45, 2.75) is 33.2 Å². The van der Waals surface area contributed by atoms with Crippen molar-refractivity contribution in [3.63, 3.8) is 0 Å². The molecule has 0 unspecified atom stereocenters. The number of hydrogen-bond donors (Lipinski definition) is 0. The number of aryl methyl sites for hydroxylation is 1. The molecular weight excluding hydrogens is 172 g/mol. The van der Waals surface area contributed by atoms with E-state index in [0.29, 0.717) is 6.04 Å². The van der Waals surface area contributed by atoms with Gasteiger partial charge in [0.25, 0.3) is 0 Å². The number of aromatic nitrogens is 2. The van der Waals surface area contributed by atoms with Crippen LogP contribution in [0.15, 0.2) is 24.4 Å². The third kappa shape index (κ3) is 1.41. The first-order valence-corrected chi connectivity index (χ1v) is 5.19. The molecule has 2 aromatic heterocycles. The van der Waals surface area contributed by atoms with Crippen molar-refractivity contribution in [3.8, 4) is 0 Å². The second kappa shape index (κ2) is 3.45. The summed E-state index contributed by atoms with van der Waals surface area (Å²) in [5, 5.41) is 1.23. The van der Waals surface area contributed by atoms with Crippen LogP contribution in [-0.4, -0.2) is 9.55 Å². The molecule has 14 heavy (non-hydrogen) atoms. The highest BCUT2D eigenvalue weighted by Crippen LogP contribution is 2.18. The molecule has 0 atom stereocenters. The van der Waals surface area contributed by atoms with Crippen LogP contribution in [0.3, 0.4) is 0 Å². The average molecular weight is 188 g/mol. The predicted octanol–water partition coefficient (Wildman–Crippen LogP) is 3.18. The molecule has 2 nitrogen and oxygen atoms in total. The van der Waals surface area contributed by atoms with Gasteiger partial charge in [0, 0.05) is 23.3 Å². The average Bonchev–Trinajstić information content (AvgIpc) is 2.59. The van der Waals surface area contributed by atoms with Crippen LogP contribution in [0.25, 0.3) is 11.0 Å². The minimum atomic E-state index is 0.479. The fourth-order valence-corrected chi connectivity index (χ4v) is 1.68. The van der Waals surface area contributed by atoms with Crippen molar-refractivity contribution in [3.05, 3.63) is 30.1 Å². The Balaban J connectivity index is 2.63. The Bertz CT molecular complexity index is 441. The SMILES string of the molecule is CCc1ccc2ccn(C(C)C)c2n1. The first-order chi connectivity index (χ1) is 6.72. The molecule has 0 aliphatic carbocycles. The molecule has 0 aliphatic rings. The van der Waals surface area contributed by atoms with E-state index in [2.05, 4.69) is 54.7 Å². The van der Waals surface area contributed by atoms with Gasteiger partial charge in [0.2, 0.25) is 0 Å². The monoisotopic (exact) mass is 188 g/mol. The largest absolute Gasteiger partial charge is 0.330 e. The minimum absolute atomic E-state index is 0.479. The van der Waals surface area contributed by atoms with Crippen molar-refractivity contribution in [1.29, 1.82) is 0 Å². The molecule has 0 N–H and O–H groups in total. The van der Waals surface area contributed by atoms with Crippen molar-refractivity contribution in [1.82, 2.24) is 9.55 Å². The number of fused-ring (bicyclic) bond motifs is 1. The molecular formula is C12H16N2. The topological polar surface area (TPSA) is 17.8 Å². The molecule has 0 aromatic carbocycles. The highest BCUT2D eigenvalue weighted by atomic mass is 15.0. The summed E-state index contributed by atoms with van der Waals surface area (Å²) in [5.41, 5.74) is 2.28. The molecule has 0 radical (unpaired) electrons. The fraction of sp³-hybridized carbons (Fsp3) is 0.417. The highest BCUT2D eigenvalue weighted by molar-refractivity contribution is 5.76. The molecule has 74 valence electrons. The molecule has 0 saturated heterocycles. The molecule has 2 heteroatoms. The van der Waals surface area contributed by atoms with Gasteiger partial charge in [-0.15, -0.1) is 0 Å². The number of nitrogens with zero attached hydrogens (tertiary/aromatic N) is 2. The summed E-state index contributed by atoms with van der Waals surface area (Å²) in [4.78, 5) is 4.64. The van der Waals surface area contributed by atoms with Crippen LogP contribution in [0.4, 0.5) is 0 Å². The van der Waals surface area contributed by atoms with E-state index < -0.39 is 0 Å². The molecule has 2 heterocycles. The smallest absolute Gasteiger partial charge is 0.140 e. The van der Waals surface area contributed by atoms with E-state index in [0.717, 1.165) is 17.8 Å². The molecule has 0 amide bonds. The van der Waals surface area contributed by atoms with Gasteiger partial charge in [0.15, 0.2) is 0 Å². The lowest BCUT2D eigenvalue weighted by Gasteiger charge is -2.08. The van der Waals surface area contributed by atoms with E-state index >= 15 is 0 Å². The Morgan fingerprint density at radius 1 is 1.29 bits per heavy atom. The van der Waals surface area contributed by atoms with Crippen molar-refractivity contribution >= 4 is 11.0 Å². The maximum atomic E-state index is 4.64. The van der Waals surface area contributed by atoms with Gasteiger partial charge >= 0.3 is 0 Å². The molecule has 0 saturated carbocycles. The molecule has 0 spiro atoms. The van der Waals surface area contributed by atoms with Crippen LogP contribution < -0.4 is 0 Å². The lowest BCUT2D eigenvalue weighted by atomic mass is 10.2. The van der Waals surface area contributed by atoms with Gasteiger partial charge in [0.05, 0.1) is 0 Å². The van der Waals surface area contributed by atoms with Gasteiger partial charge in [-0.1, -0.05) is 6.92 Å². The summed E-state index contributed by atoms with van der Waals surface area (Å²) < 4.78 is 2.22. The summed E-state index contributed by atoms with van der Waals surface area (Å²) in [6, 6.07) is 6.86. The van der Waals surface area contributed by atoms with Crippen LogP contribution in [0.5, 0.6) is 0 Å². The van der Waals surface area contributed by atoms with Gasteiger partial charge < -0.3 is 4.57 Å². The minimum Gasteiger partial charge on any atom is -0.330 e. The van der Waals surface area contributed by atoms with E-state index in [1.165, 1.54) is 5.39 Å². The zero-order valence-corrected chi connectivity index (χ0v) is 8.99. The molecule has 0 fully saturated rings. The van der Waals surface area contributed by atoms with Crippen molar-refractivity contribution in [2.24, 2.45) is 0 Å². The van der Waals surface area contributed by atoms with Crippen LogP contribution in [0, 0.1) is 0 Å². The second-order valence-corrected chi connectivity index (χ2v) is 3.89. The standard InChI is InChI=1S/C12H16N2/c1-4-11-6-5-10-7-8-14(9(2)3)12(10)13-11/h5-9H,4H2,1-3H3. The number of hydrogen-bond acceptors (Lipinski definition) is 1. The lowest BCUT2D eigenvalue weighted by molar-refractivity contribution is 0.617. The Kier molecular flexibility index (Phi) is 2.28. The third-order valence-electron chi connectivity index (χ3n) is 2.54. The summed E-state index contributed by atoms with van der Waals surface area (Å²) in [5.74, 6) is 0. The van der Waals surface area contributed by atoms with E-state index in [1.807, 2.05) is 0 Å². The van der Waals surface area contributed by atoms with E-state index in [1.54, 1.807) is 0 Å². The summed E-state index contributed by atoms with van der Waals surface area (Å²) in [6.07, 6.45) is 3.11. The predicted molar refractivity (Wildman–Crippen MR) is 59.5 cm³/mol. The quantitative estimate of drug-likeness (QED) is 0.707. The molecule has 0 aliphatic heterocycles. The molecule has 2 aromatic rings. The number of pyridine rings is 1. The van der Waals surface area contributed by atoms with Crippen LogP contribution in [0.1, 0.15) is 32.5 Å². The van der Waals surface area contributed by atoms with Gasteiger partial charge in [-0.05, 0) is 38.5 Å². The normalized spacial score (nSPS) is 11.4. The van der Waals surface area contributed by atoms with Crippen LogP contribution >= 0.6 is 0 Å². The van der Waals surface area contributed by atoms with E-state index in [-0.39, 0.29) is 0 Å². The van der Waals surface area contributed by atoms with Gasteiger partial charge in [0.1, 0.15) is 5.65 Å². The Morgan fingerprint density at radius 3 is 2.71 bits per heavy atom. The second-order valence-electron chi connectivity index (χ2n) is 3.89. The zero-order chi connectivity index (χ0) is 10.1. The Labute approximate surface area is 84.6 Å². The van der Waals surface area contributed by atoms with Crippen LogP contribution in [0.2, 0.25) is 0 Å². The number of rotatable bonds is 2. The molecule has 2 rings (SSSR count). The Morgan fingerprint density at radius 2 is 2.07 bits per heavy atom. The van der Waals surface area contributed by atoms with Gasteiger partial charge in [-0.25, -0.2) is 4.98 Å². The first kappa shape index (κ1) is 9.25. The summed E-state index contributed by atoms with van der Waals surface area (Å²) in [6.45, 7) is 6.50. The Hall–Kier alpha value is -1.31.